The minimum atomic E-state index is -0.168. The standard InChI is InChI=1S/C20H28N4O2/c1-22(2)17-8-6-16(7-9-17)18(24-12-10-23(3)11-13-24)15-21-20(25)19-5-4-14-26-19/h4-9,14,18H,10-13,15H2,1-3H3,(H,21,25)/t18-/m1/s1. The van der Waals surface area contributed by atoms with Crippen LogP contribution >= 0.6 is 0 Å². The summed E-state index contributed by atoms with van der Waals surface area (Å²) in [5.74, 6) is 0.184. The van der Waals surface area contributed by atoms with Crippen LogP contribution in [0, 0.1) is 0 Å². The topological polar surface area (TPSA) is 52.0 Å². The highest BCUT2D eigenvalue weighted by Crippen LogP contribution is 2.24. The summed E-state index contributed by atoms with van der Waals surface area (Å²) >= 11 is 0. The molecule has 2 heterocycles. The highest BCUT2D eigenvalue weighted by atomic mass is 16.3. The lowest BCUT2D eigenvalue weighted by Crippen LogP contribution is -2.48. The second-order valence-electron chi connectivity index (χ2n) is 7.03. The lowest BCUT2D eigenvalue weighted by Gasteiger charge is -2.38. The van der Waals surface area contributed by atoms with Gasteiger partial charge in [0.2, 0.25) is 0 Å². The quantitative estimate of drug-likeness (QED) is 0.859. The molecule has 1 aliphatic heterocycles. The lowest BCUT2D eigenvalue weighted by atomic mass is 10.0. The highest BCUT2D eigenvalue weighted by molar-refractivity contribution is 5.91. The fraction of sp³-hybridized carbons (Fsp3) is 0.450. The van der Waals surface area contributed by atoms with Gasteiger partial charge in [-0.3, -0.25) is 9.69 Å². The Morgan fingerprint density at radius 1 is 1.15 bits per heavy atom. The number of benzene rings is 1. The first-order valence-corrected chi connectivity index (χ1v) is 9.06. The first-order chi connectivity index (χ1) is 12.5. The van der Waals surface area contributed by atoms with Crippen molar-refractivity contribution in [1.82, 2.24) is 15.1 Å². The molecule has 1 N–H and O–H groups in total. The van der Waals surface area contributed by atoms with E-state index < -0.39 is 0 Å². The fourth-order valence-corrected chi connectivity index (χ4v) is 3.27. The van der Waals surface area contributed by atoms with E-state index in [2.05, 4.69) is 51.3 Å². The Morgan fingerprint density at radius 3 is 2.42 bits per heavy atom. The molecule has 2 aromatic rings. The summed E-state index contributed by atoms with van der Waals surface area (Å²) in [7, 11) is 6.23. The normalized spacial score (nSPS) is 17.0. The van der Waals surface area contributed by atoms with Gasteiger partial charge in [-0.15, -0.1) is 0 Å². The van der Waals surface area contributed by atoms with Gasteiger partial charge in [0.1, 0.15) is 0 Å². The van der Waals surface area contributed by atoms with E-state index in [4.69, 9.17) is 4.42 Å². The van der Waals surface area contributed by atoms with E-state index >= 15 is 0 Å². The molecule has 0 bridgehead atoms. The van der Waals surface area contributed by atoms with E-state index in [9.17, 15) is 4.79 Å². The van der Waals surface area contributed by atoms with Crippen LogP contribution in [0.15, 0.2) is 47.1 Å². The number of rotatable bonds is 6. The molecular weight excluding hydrogens is 328 g/mol. The molecule has 140 valence electrons. The molecule has 26 heavy (non-hydrogen) atoms. The molecule has 0 radical (unpaired) electrons. The van der Waals surface area contributed by atoms with Crippen molar-refractivity contribution in [1.29, 1.82) is 0 Å². The van der Waals surface area contributed by atoms with Crippen molar-refractivity contribution in [3.8, 4) is 0 Å². The number of likely N-dealkylation sites (N-methyl/N-ethyl adjacent to an activating group) is 1. The number of nitrogens with zero attached hydrogens (tertiary/aromatic N) is 3. The molecule has 1 aliphatic rings. The molecule has 1 amide bonds. The summed E-state index contributed by atoms with van der Waals surface area (Å²) in [6.45, 7) is 4.63. The van der Waals surface area contributed by atoms with Crippen LogP contribution in [0.4, 0.5) is 5.69 Å². The van der Waals surface area contributed by atoms with Crippen molar-refractivity contribution in [2.24, 2.45) is 0 Å². The van der Waals surface area contributed by atoms with Crippen LogP contribution in [0.2, 0.25) is 0 Å². The molecule has 6 nitrogen and oxygen atoms in total. The van der Waals surface area contributed by atoms with Crippen molar-refractivity contribution in [3.05, 3.63) is 54.0 Å². The zero-order chi connectivity index (χ0) is 18.5. The highest BCUT2D eigenvalue weighted by Gasteiger charge is 2.25. The number of hydrogen-bond acceptors (Lipinski definition) is 5. The first-order valence-electron chi connectivity index (χ1n) is 9.06. The molecular formula is C20H28N4O2. The van der Waals surface area contributed by atoms with Crippen LogP contribution in [0.5, 0.6) is 0 Å². The monoisotopic (exact) mass is 356 g/mol. The van der Waals surface area contributed by atoms with Gasteiger partial charge in [0, 0.05) is 52.5 Å². The Labute approximate surface area is 155 Å². The van der Waals surface area contributed by atoms with Crippen molar-refractivity contribution < 1.29 is 9.21 Å². The molecule has 0 unspecified atom stereocenters. The Kier molecular flexibility index (Phi) is 5.96. The van der Waals surface area contributed by atoms with Gasteiger partial charge in [-0.2, -0.15) is 0 Å². The molecule has 6 heteroatoms. The van der Waals surface area contributed by atoms with Crippen molar-refractivity contribution >= 4 is 11.6 Å². The average molecular weight is 356 g/mol. The van der Waals surface area contributed by atoms with Crippen LogP contribution in [-0.4, -0.2) is 69.6 Å². The van der Waals surface area contributed by atoms with E-state index in [0.717, 1.165) is 26.2 Å². The molecule has 3 rings (SSSR count). The molecule has 1 fully saturated rings. The summed E-state index contributed by atoms with van der Waals surface area (Å²) in [6.07, 6.45) is 1.52. The van der Waals surface area contributed by atoms with Crippen LogP contribution in [0.25, 0.3) is 0 Å². The van der Waals surface area contributed by atoms with Gasteiger partial charge in [0.15, 0.2) is 5.76 Å². The molecule has 1 aromatic heterocycles. The van der Waals surface area contributed by atoms with E-state index in [1.165, 1.54) is 17.5 Å². The third-order valence-electron chi connectivity index (χ3n) is 4.97. The number of amides is 1. The van der Waals surface area contributed by atoms with E-state index in [0.29, 0.717) is 12.3 Å². The van der Waals surface area contributed by atoms with Gasteiger partial charge in [-0.25, -0.2) is 0 Å². The number of furan rings is 1. The van der Waals surface area contributed by atoms with Crippen LogP contribution in [0.3, 0.4) is 0 Å². The zero-order valence-corrected chi connectivity index (χ0v) is 15.8. The third kappa shape index (κ3) is 4.45. The Morgan fingerprint density at radius 2 is 1.85 bits per heavy atom. The summed E-state index contributed by atoms with van der Waals surface area (Å²) in [5.41, 5.74) is 2.39. The minimum absolute atomic E-state index is 0.152. The number of anilines is 1. The summed E-state index contributed by atoms with van der Waals surface area (Å²) in [4.78, 5) is 19.2. The van der Waals surface area contributed by atoms with E-state index in [1.54, 1.807) is 12.1 Å². The maximum atomic E-state index is 12.3. The number of piperazine rings is 1. The predicted molar refractivity (Wildman–Crippen MR) is 104 cm³/mol. The number of hydrogen-bond donors (Lipinski definition) is 1. The summed E-state index contributed by atoms with van der Waals surface area (Å²) in [6, 6.07) is 12.2. The van der Waals surface area contributed by atoms with Gasteiger partial charge in [-0.05, 0) is 36.9 Å². The molecule has 1 saturated heterocycles. The summed E-state index contributed by atoms with van der Waals surface area (Å²) < 4.78 is 5.20. The minimum Gasteiger partial charge on any atom is -0.459 e. The number of carbonyl (C=O) groups is 1. The molecule has 0 saturated carbocycles. The van der Waals surface area contributed by atoms with Gasteiger partial charge in [0.25, 0.3) is 5.91 Å². The van der Waals surface area contributed by atoms with Gasteiger partial charge >= 0.3 is 0 Å². The largest absolute Gasteiger partial charge is 0.459 e. The van der Waals surface area contributed by atoms with Crippen molar-refractivity contribution in [2.45, 2.75) is 6.04 Å². The van der Waals surface area contributed by atoms with Crippen molar-refractivity contribution in [3.63, 3.8) is 0 Å². The maximum absolute atomic E-state index is 12.3. The molecule has 0 aliphatic carbocycles. The van der Waals surface area contributed by atoms with Gasteiger partial charge in [-0.1, -0.05) is 12.1 Å². The SMILES string of the molecule is CN1CCN([C@H](CNC(=O)c2ccco2)c2ccc(N(C)C)cc2)CC1. The molecule has 1 atom stereocenters. The van der Waals surface area contributed by atoms with Gasteiger partial charge in [0.05, 0.1) is 12.3 Å². The predicted octanol–water partition coefficient (Wildman–Crippen LogP) is 2.06. The first kappa shape index (κ1) is 18.5. The number of nitrogens with one attached hydrogen (secondary N) is 1. The Balaban J connectivity index is 1.73. The van der Waals surface area contributed by atoms with Crippen molar-refractivity contribution in [2.75, 3.05) is 58.8 Å². The fourth-order valence-electron chi connectivity index (χ4n) is 3.27. The lowest BCUT2D eigenvalue weighted by molar-refractivity contribution is 0.0863. The van der Waals surface area contributed by atoms with Gasteiger partial charge < -0.3 is 19.5 Å². The smallest absolute Gasteiger partial charge is 0.287 e. The van der Waals surface area contributed by atoms with Crippen LogP contribution in [0.1, 0.15) is 22.2 Å². The molecule has 0 spiro atoms. The maximum Gasteiger partial charge on any atom is 0.287 e. The van der Waals surface area contributed by atoms with Crippen LogP contribution < -0.4 is 10.2 Å². The molecule has 1 aromatic carbocycles. The second-order valence-corrected chi connectivity index (χ2v) is 7.03. The van der Waals surface area contributed by atoms with E-state index in [-0.39, 0.29) is 11.9 Å². The Hall–Kier alpha value is -2.31. The van der Waals surface area contributed by atoms with Crippen LogP contribution in [-0.2, 0) is 0 Å². The second kappa shape index (κ2) is 8.38. The zero-order valence-electron chi connectivity index (χ0n) is 15.8. The Bertz CT molecular complexity index is 689. The number of carbonyl (C=O) groups excluding carboxylic acids is 1. The summed E-state index contributed by atoms with van der Waals surface area (Å²) in [5, 5.41) is 3.03. The third-order valence-corrected chi connectivity index (χ3v) is 4.97. The van der Waals surface area contributed by atoms with E-state index in [1.807, 2.05) is 14.1 Å². The average Bonchev–Trinajstić information content (AvgIpc) is 3.18.